The number of hydrogen-bond donors (Lipinski definition) is 0. The van der Waals surface area contributed by atoms with Gasteiger partial charge in [0.05, 0.1) is 0 Å². The van der Waals surface area contributed by atoms with Crippen molar-refractivity contribution in [1.29, 1.82) is 0 Å². The molecular weight excluding hydrogens is 392 g/mol. The SMILES string of the molecule is COCOc1ccc2ccccc2c1-c1ccccc1-c1ccc(-c2ccccc2)cc1. The van der Waals surface area contributed by atoms with Gasteiger partial charge >= 0.3 is 0 Å². The van der Waals surface area contributed by atoms with E-state index in [1.165, 1.54) is 27.6 Å². The molecule has 0 aliphatic heterocycles. The summed E-state index contributed by atoms with van der Waals surface area (Å²) in [6, 6.07) is 40.3. The van der Waals surface area contributed by atoms with E-state index in [2.05, 4.69) is 103 Å². The van der Waals surface area contributed by atoms with Crippen LogP contribution in [0.15, 0.2) is 115 Å². The summed E-state index contributed by atoms with van der Waals surface area (Å²) in [5.74, 6) is 0.818. The second-order valence-electron chi connectivity index (χ2n) is 7.70. The number of rotatable bonds is 6. The van der Waals surface area contributed by atoms with Gasteiger partial charge < -0.3 is 9.47 Å². The van der Waals surface area contributed by atoms with Crippen LogP contribution in [0.3, 0.4) is 0 Å². The topological polar surface area (TPSA) is 18.5 Å². The van der Waals surface area contributed by atoms with E-state index in [4.69, 9.17) is 9.47 Å². The minimum absolute atomic E-state index is 0.208. The molecular formula is C30H24O2. The second-order valence-corrected chi connectivity index (χ2v) is 7.70. The Kier molecular flexibility index (Phi) is 5.69. The van der Waals surface area contributed by atoms with E-state index in [0.717, 1.165) is 22.3 Å². The van der Waals surface area contributed by atoms with Crippen molar-refractivity contribution in [3.8, 4) is 39.1 Å². The Morgan fingerprint density at radius 2 is 1.16 bits per heavy atom. The predicted molar refractivity (Wildman–Crippen MR) is 133 cm³/mol. The number of fused-ring (bicyclic) bond motifs is 1. The van der Waals surface area contributed by atoms with Crippen molar-refractivity contribution < 1.29 is 9.47 Å². The summed E-state index contributed by atoms with van der Waals surface area (Å²) < 4.78 is 11.2. The molecule has 5 rings (SSSR count). The Labute approximate surface area is 188 Å². The van der Waals surface area contributed by atoms with Crippen LogP contribution in [0, 0.1) is 0 Å². The largest absolute Gasteiger partial charge is 0.467 e. The van der Waals surface area contributed by atoms with Gasteiger partial charge in [-0.3, -0.25) is 0 Å². The molecule has 0 unspecified atom stereocenters. The molecule has 0 aromatic heterocycles. The first-order valence-corrected chi connectivity index (χ1v) is 10.7. The van der Waals surface area contributed by atoms with E-state index in [9.17, 15) is 0 Å². The van der Waals surface area contributed by atoms with Crippen molar-refractivity contribution in [3.63, 3.8) is 0 Å². The van der Waals surface area contributed by atoms with Crippen molar-refractivity contribution in [2.45, 2.75) is 0 Å². The van der Waals surface area contributed by atoms with Gasteiger partial charge in [0.15, 0.2) is 6.79 Å². The summed E-state index contributed by atoms with van der Waals surface area (Å²) in [6.07, 6.45) is 0. The molecule has 0 N–H and O–H groups in total. The minimum atomic E-state index is 0.208. The minimum Gasteiger partial charge on any atom is -0.467 e. The zero-order chi connectivity index (χ0) is 21.8. The highest BCUT2D eigenvalue weighted by Crippen LogP contribution is 2.42. The van der Waals surface area contributed by atoms with Crippen molar-refractivity contribution in [1.82, 2.24) is 0 Å². The van der Waals surface area contributed by atoms with E-state index in [0.29, 0.717) is 0 Å². The van der Waals surface area contributed by atoms with Crippen LogP contribution in [-0.4, -0.2) is 13.9 Å². The molecule has 0 heterocycles. The number of methoxy groups -OCH3 is 1. The average molecular weight is 417 g/mol. The maximum Gasteiger partial charge on any atom is 0.188 e. The lowest BCUT2D eigenvalue weighted by molar-refractivity contribution is 0.0516. The molecule has 0 atom stereocenters. The zero-order valence-electron chi connectivity index (χ0n) is 18.0. The van der Waals surface area contributed by atoms with E-state index in [-0.39, 0.29) is 6.79 Å². The van der Waals surface area contributed by atoms with E-state index in [1.54, 1.807) is 7.11 Å². The Balaban J connectivity index is 1.65. The normalized spacial score (nSPS) is 10.9. The Bertz CT molecular complexity index is 1340. The Morgan fingerprint density at radius 3 is 1.94 bits per heavy atom. The highest BCUT2D eigenvalue weighted by Gasteiger charge is 2.15. The maximum absolute atomic E-state index is 5.99. The van der Waals surface area contributed by atoms with Gasteiger partial charge in [0.1, 0.15) is 5.75 Å². The van der Waals surface area contributed by atoms with Crippen molar-refractivity contribution in [2.24, 2.45) is 0 Å². The smallest absolute Gasteiger partial charge is 0.188 e. The van der Waals surface area contributed by atoms with Gasteiger partial charge in [-0.25, -0.2) is 0 Å². The lowest BCUT2D eigenvalue weighted by atomic mass is 9.90. The fraction of sp³-hybridized carbons (Fsp3) is 0.0667. The lowest BCUT2D eigenvalue weighted by Gasteiger charge is -2.17. The molecule has 5 aromatic rings. The summed E-state index contributed by atoms with van der Waals surface area (Å²) in [7, 11) is 1.64. The van der Waals surface area contributed by atoms with Gasteiger partial charge in [-0.05, 0) is 44.7 Å². The van der Waals surface area contributed by atoms with Gasteiger partial charge in [-0.2, -0.15) is 0 Å². The van der Waals surface area contributed by atoms with Crippen LogP contribution in [0.4, 0.5) is 0 Å². The summed E-state index contributed by atoms with van der Waals surface area (Å²) in [5.41, 5.74) is 7.00. The van der Waals surface area contributed by atoms with Crippen molar-refractivity contribution in [3.05, 3.63) is 115 Å². The highest BCUT2D eigenvalue weighted by atomic mass is 16.7. The summed E-state index contributed by atoms with van der Waals surface area (Å²) in [5, 5.41) is 2.34. The maximum atomic E-state index is 5.99. The highest BCUT2D eigenvalue weighted by molar-refractivity contribution is 6.03. The summed E-state index contributed by atoms with van der Waals surface area (Å²) in [4.78, 5) is 0. The molecule has 0 amide bonds. The molecule has 0 saturated heterocycles. The molecule has 0 spiro atoms. The van der Waals surface area contributed by atoms with E-state index < -0.39 is 0 Å². The van der Waals surface area contributed by atoms with Gasteiger partial charge in [0.25, 0.3) is 0 Å². The van der Waals surface area contributed by atoms with Crippen LogP contribution in [0.2, 0.25) is 0 Å². The molecule has 0 saturated carbocycles. The Hall–Kier alpha value is -3.88. The standard InChI is InChI=1S/C30H24O2/c1-31-21-32-29-20-19-24-11-5-6-13-27(24)30(29)28-14-8-7-12-26(28)25-17-15-23(16-18-25)22-9-3-2-4-10-22/h2-20H,21H2,1H3. The molecule has 5 aromatic carbocycles. The lowest BCUT2D eigenvalue weighted by Crippen LogP contribution is -2.01. The molecule has 32 heavy (non-hydrogen) atoms. The summed E-state index contributed by atoms with van der Waals surface area (Å²) in [6.45, 7) is 0.208. The molecule has 0 aliphatic carbocycles. The van der Waals surface area contributed by atoms with Crippen LogP contribution < -0.4 is 4.74 Å². The fourth-order valence-corrected chi connectivity index (χ4v) is 4.20. The van der Waals surface area contributed by atoms with Crippen molar-refractivity contribution >= 4 is 10.8 Å². The van der Waals surface area contributed by atoms with Gasteiger partial charge in [-0.1, -0.05) is 109 Å². The number of ether oxygens (including phenoxy) is 2. The van der Waals surface area contributed by atoms with Crippen LogP contribution in [0.5, 0.6) is 5.75 Å². The third-order valence-electron chi connectivity index (χ3n) is 5.72. The molecule has 2 heteroatoms. The zero-order valence-corrected chi connectivity index (χ0v) is 18.0. The molecule has 0 fully saturated rings. The third-order valence-corrected chi connectivity index (χ3v) is 5.72. The first kappa shape index (κ1) is 20.0. The van der Waals surface area contributed by atoms with E-state index in [1.807, 2.05) is 12.1 Å². The second kappa shape index (κ2) is 9.09. The van der Waals surface area contributed by atoms with Crippen molar-refractivity contribution in [2.75, 3.05) is 13.9 Å². The van der Waals surface area contributed by atoms with Gasteiger partial charge in [0, 0.05) is 12.7 Å². The van der Waals surface area contributed by atoms with Crippen LogP contribution in [0.25, 0.3) is 44.2 Å². The van der Waals surface area contributed by atoms with Crippen LogP contribution in [-0.2, 0) is 4.74 Å². The van der Waals surface area contributed by atoms with Crippen LogP contribution in [0.1, 0.15) is 0 Å². The quantitative estimate of drug-likeness (QED) is 0.263. The summed E-state index contributed by atoms with van der Waals surface area (Å²) >= 11 is 0. The average Bonchev–Trinajstić information content (AvgIpc) is 2.88. The first-order chi connectivity index (χ1) is 15.8. The first-order valence-electron chi connectivity index (χ1n) is 10.7. The van der Waals surface area contributed by atoms with Crippen LogP contribution >= 0.6 is 0 Å². The molecule has 2 nitrogen and oxygen atoms in total. The molecule has 0 aliphatic rings. The van der Waals surface area contributed by atoms with E-state index >= 15 is 0 Å². The monoisotopic (exact) mass is 416 g/mol. The number of hydrogen-bond acceptors (Lipinski definition) is 2. The molecule has 0 bridgehead atoms. The molecule has 0 radical (unpaired) electrons. The van der Waals surface area contributed by atoms with Gasteiger partial charge in [0.2, 0.25) is 0 Å². The Morgan fingerprint density at radius 1 is 0.531 bits per heavy atom. The predicted octanol–water partition coefficient (Wildman–Crippen LogP) is 7.82. The molecule has 156 valence electrons. The fourth-order valence-electron chi connectivity index (χ4n) is 4.20. The van der Waals surface area contributed by atoms with Gasteiger partial charge in [-0.15, -0.1) is 0 Å². The third kappa shape index (κ3) is 3.89. The number of benzene rings is 5.